The fraction of sp³-hybridized carbons (Fsp3) is 0.588. The van der Waals surface area contributed by atoms with Gasteiger partial charge in [0.05, 0.1) is 16.4 Å². The molecule has 10 heteroatoms. The number of nitro benzene ring substituents is 1. The maximum atomic E-state index is 13.0. The minimum atomic E-state index is -3.81. The SMILES string of the molecule is C[C@@H]1C[C@H](C)CN(S(=O)(=O)c2ccc(N3CCNC(=O)C3)c([N+](=O)[O-])c2)C1. The van der Waals surface area contributed by atoms with Gasteiger partial charge in [0, 0.05) is 32.2 Å². The van der Waals surface area contributed by atoms with Crippen molar-refractivity contribution in [3.63, 3.8) is 0 Å². The Morgan fingerprint density at radius 1 is 1.22 bits per heavy atom. The van der Waals surface area contributed by atoms with Gasteiger partial charge in [-0.2, -0.15) is 4.31 Å². The summed E-state index contributed by atoms with van der Waals surface area (Å²) in [7, 11) is -3.81. The molecule has 0 bridgehead atoms. The molecule has 1 N–H and O–H groups in total. The molecular formula is C17H24N4O5S. The topological polar surface area (TPSA) is 113 Å². The number of nitrogens with zero attached hydrogens (tertiary/aromatic N) is 3. The molecule has 9 nitrogen and oxygen atoms in total. The first-order valence-electron chi connectivity index (χ1n) is 8.98. The summed E-state index contributed by atoms with van der Waals surface area (Å²) in [6.45, 7) is 5.66. The number of piperazine rings is 1. The third-order valence-electron chi connectivity index (χ3n) is 5.00. The lowest BCUT2D eigenvalue weighted by Crippen LogP contribution is -2.47. The second kappa shape index (κ2) is 7.43. The van der Waals surface area contributed by atoms with E-state index in [0.29, 0.717) is 26.2 Å². The minimum absolute atomic E-state index is 0.00803. The molecule has 1 aromatic carbocycles. The van der Waals surface area contributed by atoms with Crippen LogP contribution in [-0.2, 0) is 14.8 Å². The molecule has 3 rings (SSSR count). The first kappa shape index (κ1) is 19.6. The lowest BCUT2D eigenvalue weighted by atomic mass is 9.94. The van der Waals surface area contributed by atoms with Crippen LogP contribution in [0.1, 0.15) is 20.3 Å². The van der Waals surface area contributed by atoms with Crippen LogP contribution in [0.25, 0.3) is 0 Å². The average molecular weight is 396 g/mol. The Hall–Kier alpha value is -2.20. The molecule has 0 aliphatic carbocycles. The summed E-state index contributed by atoms with van der Waals surface area (Å²) in [5.74, 6) is 0.262. The van der Waals surface area contributed by atoms with Crippen molar-refractivity contribution in [2.75, 3.05) is 37.6 Å². The Morgan fingerprint density at radius 3 is 2.48 bits per heavy atom. The molecular weight excluding hydrogens is 372 g/mol. The van der Waals surface area contributed by atoms with Gasteiger partial charge in [-0.3, -0.25) is 14.9 Å². The second-order valence-electron chi connectivity index (χ2n) is 7.45. The number of carbonyl (C=O) groups excluding carboxylic acids is 1. The highest BCUT2D eigenvalue weighted by atomic mass is 32.2. The van der Waals surface area contributed by atoms with E-state index in [4.69, 9.17) is 0 Å². The first-order chi connectivity index (χ1) is 12.7. The summed E-state index contributed by atoms with van der Waals surface area (Å²) >= 11 is 0. The minimum Gasteiger partial charge on any atom is -0.355 e. The van der Waals surface area contributed by atoms with Gasteiger partial charge in [-0.05, 0) is 30.4 Å². The Balaban J connectivity index is 1.96. The van der Waals surface area contributed by atoms with Crippen molar-refractivity contribution in [2.45, 2.75) is 25.2 Å². The molecule has 1 amide bonds. The molecule has 1 aromatic rings. The highest BCUT2D eigenvalue weighted by Gasteiger charge is 2.34. The smallest absolute Gasteiger partial charge is 0.293 e. The molecule has 2 aliphatic heterocycles. The Kier molecular flexibility index (Phi) is 5.38. The summed E-state index contributed by atoms with van der Waals surface area (Å²) in [4.78, 5) is 24.1. The quantitative estimate of drug-likeness (QED) is 0.604. The molecule has 2 atom stereocenters. The van der Waals surface area contributed by atoms with E-state index in [0.717, 1.165) is 12.5 Å². The Bertz CT molecular complexity index is 847. The van der Waals surface area contributed by atoms with E-state index in [-0.39, 0.29) is 40.6 Å². The lowest BCUT2D eigenvalue weighted by Gasteiger charge is -2.34. The summed E-state index contributed by atoms with van der Waals surface area (Å²) < 4.78 is 27.5. The van der Waals surface area contributed by atoms with E-state index >= 15 is 0 Å². The van der Waals surface area contributed by atoms with Crippen molar-refractivity contribution in [1.29, 1.82) is 0 Å². The van der Waals surface area contributed by atoms with Crippen LogP contribution in [0.15, 0.2) is 23.1 Å². The molecule has 27 heavy (non-hydrogen) atoms. The number of amides is 1. The van der Waals surface area contributed by atoms with Crippen molar-refractivity contribution in [2.24, 2.45) is 11.8 Å². The highest BCUT2D eigenvalue weighted by Crippen LogP contribution is 2.33. The third kappa shape index (κ3) is 4.06. The van der Waals surface area contributed by atoms with Crippen molar-refractivity contribution in [3.05, 3.63) is 28.3 Å². The molecule has 2 heterocycles. The van der Waals surface area contributed by atoms with Gasteiger partial charge in [0.1, 0.15) is 5.69 Å². The van der Waals surface area contributed by atoms with Crippen molar-refractivity contribution >= 4 is 27.3 Å². The van der Waals surface area contributed by atoms with E-state index in [1.807, 2.05) is 13.8 Å². The van der Waals surface area contributed by atoms with Crippen molar-refractivity contribution < 1.29 is 18.1 Å². The zero-order chi connectivity index (χ0) is 19.8. The van der Waals surface area contributed by atoms with Gasteiger partial charge in [0.2, 0.25) is 15.9 Å². The molecule has 0 radical (unpaired) electrons. The highest BCUT2D eigenvalue weighted by molar-refractivity contribution is 7.89. The predicted octanol–water partition coefficient (Wildman–Crippen LogP) is 1.20. The standard InChI is InChI=1S/C17H24N4O5S/c1-12-7-13(2)10-20(9-12)27(25,26)14-3-4-15(16(8-14)21(23)24)19-6-5-18-17(22)11-19/h3-4,8,12-13H,5-7,9-11H2,1-2H3,(H,18,22)/t12-,13+. The summed E-state index contributed by atoms with van der Waals surface area (Å²) in [6.07, 6.45) is 0.960. The van der Waals surface area contributed by atoms with Gasteiger partial charge in [0.25, 0.3) is 5.69 Å². The van der Waals surface area contributed by atoms with Crippen molar-refractivity contribution in [3.8, 4) is 0 Å². The normalized spacial score (nSPS) is 24.5. The molecule has 0 aromatic heterocycles. The number of rotatable bonds is 4. The number of hydrogen-bond donors (Lipinski definition) is 1. The molecule has 2 aliphatic rings. The fourth-order valence-electron chi connectivity index (χ4n) is 3.87. The number of hydrogen-bond acceptors (Lipinski definition) is 6. The summed E-state index contributed by atoms with van der Waals surface area (Å²) in [5, 5.41) is 14.2. The van der Waals surface area contributed by atoms with E-state index in [1.54, 1.807) is 4.90 Å². The van der Waals surface area contributed by atoms with Crippen LogP contribution in [0, 0.1) is 22.0 Å². The number of sulfonamides is 1. The van der Waals surface area contributed by atoms with E-state index in [1.165, 1.54) is 16.4 Å². The first-order valence-corrected chi connectivity index (χ1v) is 10.4. The second-order valence-corrected chi connectivity index (χ2v) is 9.39. The fourth-order valence-corrected chi connectivity index (χ4v) is 5.57. The number of benzene rings is 1. The van der Waals surface area contributed by atoms with Crippen LogP contribution in [0.4, 0.5) is 11.4 Å². The van der Waals surface area contributed by atoms with Gasteiger partial charge >= 0.3 is 0 Å². The van der Waals surface area contributed by atoms with Gasteiger partial charge in [-0.25, -0.2) is 8.42 Å². The van der Waals surface area contributed by atoms with Crippen LogP contribution < -0.4 is 10.2 Å². The summed E-state index contributed by atoms with van der Waals surface area (Å²) in [6, 6.07) is 3.94. The van der Waals surface area contributed by atoms with Crippen molar-refractivity contribution in [1.82, 2.24) is 9.62 Å². The van der Waals surface area contributed by atoms with Gasteiger partial charge < -0.3 is 10.2 Å². The maximum absolute atomic E-state index is 13.0. The predicted molar refractivity (Wildman–Crippen MR) is 100 cm³/mol. The van der Waals surface area contributed by atoms with Gasteiger partial charge in [-0.1, -0.05) is 13.8 Å². The molecule has 0 saturated carbocycles. The number of nitrogens with one attached hydrogen (secondary N) is 1. The van der Waals surface area contributed by atoms with Crippen LogP contribution in [0.2, 0.25) is 0 Å². The largest absolute Gasteiger partial charge is 0.355 e. The van der Waals surface area contributed by atoms with E-state index in [9.17, 15) is 23.3 Å². The van der Waals surface area contributed by atoms with Gasteiger partial charge in [0.15, 0.2) is 0 Å². The number of piperidine rings is 1. The monoisotopic (exact) mass is 396 g/mol. The lowest BCUT2D eigenvalue weighted by molar-refractivity contribution is -0.384. The number of nitro groups is 1. The van der Waals surface area contributed by atoms with Crippen LogP contribution in [-0.4, -0.2) is 56.3 Å². The number of carbonyl (C=O) groups is 1. The zero-order valence-corrected chi connectivity index (χ0v) is 16.2. The van der Waals surface area contributed by atoms with Crippen LogP contribution in [0.3, 0.4) is 0 Å². The zero-order valence-electron chi connectivity index (χ0n) is 15.4. The Morgan fingerprint density at radius 2 is 1.89 bits per heavy atom. The number of anilines is 1. The van der Waals surface area contributed by atoms with E-state index in [2.05, 4.69) is 5.32 Å². The molecule has 2 saturated heterocycles. The molecule has 0 unspecified atom stereocenters. The third-order valence-corrected chi connectivity index (χ3v) is 6.82. The maximum Gasteiger partial charge on any atom is 0.293 e. The molecule has 2 fully saturated rings. The van der Waals surface area contributed by atoms with E-state index < -0.39 is 14.9 Å². The van der Waals surface area contributed by atoms with Crippen LogP contribution in [0.5, 0.6) is 0 Å². The van der Waals surface area contributed by atoms with Crippen LogP contribution >= 0.6 is 0 Å². The summed E-state index contributed by atoms with van der Waals surface area (Å²) in [5.41, 5.74) is -0.0435. The molecule has 0 spiro atoms. The van der Waals surface area contributed by atoms with Gasteiger partial charge in [-0.15, -0.1) is 0 Å². The molecule has 148 valence electrons. The Labute approximate surface area is 158 Å². The average Bonchev–Trinajstić information content (AvgIpc) is 2.60.